The maximum atomic E-state index is 8.83. The molecule has 0 saturated carbocycles. The summed E-state index contributed by atoms with van der Waals surface area (Å²) < 4.78 is 0. The van der Waals surface area contributed by atoms with Crippen LogP contribution in [-0.2, 0) is 6.42 Å². The molecule has 0 amide bonds. The van der Waals surface area contributed by atoms with Gasteiger partial charge in [-0.15, -0.1) is 6.58 Å². The molecule has 1 aromatic carbocycles. The fourth-order valence-electron chi connectivity index (χ4n) is 1.71. The molecule has 0 saturated heterocycles. The molecule has 74 valence electrons. The zero-order chi connectivity index (χ0) is 10.7. The minimum absolute atomic E-state index is 0.710. The van der Waals surface area contributed by atoms with Gasteiger partial charge in [0, 0.05) is 17.1 Å². The van der Waals surface area contributed by atoms with Crippen LogP contribution in [0.25, 0.3) is 10.9 Å². The number of nitrogens with zero attached hydrogens (tertiary/aromatic N) is 1. The van der Waals surface area contributed by atoms with E-state index in [4.69, 9.17) is 5.26 Å². The lowest BCUT2D eigenvalue weighted by molar-refractivity contribution is 1.01. The molecule has 0 atom stereocenters. The van der Waals surface area contributed by atoms with Crippen LogP contribution < -0.4 is 0 Å². The van der Waals surface area contributed by atoms with E-state index in [1.54, 1.807) is 0 Å². The lowest BCUT2D eigenvalue weighted by Crippen LogP contribution is -1.81. The molecule has 1 heterocycles. The number of nitriles is 1. The highest BCUT2D eigenvalue weighted by molar-refractivity contribution is 5.84. The molecule has 0 unspecified atom stereocenters. The van der Waals surface area contributed by atoms with Crippen molar-refractivity contribution >= 4 is 10.9 Å². The van der Waals surface area contributed by atoms with Crippen LogP contribution in [0.2, 0.25) is 0 Å². The van der Waals surface area contributed by atoms with Gasteiger partial charge in [0.25, 0.3) is 0 Å². The van der Waals surface area contributed by atoms with Gasteiger partial charge < -0.3 is 4.98 Å². The fourth-order valence-corrected chi connectivity index (χ4v) is 1.71. The Bertz CT molecular complexity index is 529. The van der Waals surface area contributed by atoms with Crippen molar-refractivity contribution in [3.63, 3.8) is 0 Å². The van der Waals surface area contributed by atoms with Crippen LogP contribution in [0.1, 0.15) is 17.5 Å². The van der Waals surface area contributed by atoms with Gasteiger partial charge >= 0.3 is 0 Å². The Morgan fingerprint density at radius 3 is 3.07 bits per heavy atom. The third-order valence-electron chi connectivity index (χ3n) is 2.51. The molecule has 0 spiro atoms. The highest BCUT2D eigenvalue weighted by Gasteiger charge is 2.03. The minimum atomic E-state index is 0.710. The van der Waals surface area contributed by atoms with E-state index in [1.807, 2.05) is 30.5 Å². The van der Waals surface area contributed by atoms with Crippen molar-refractivity contribution in [1.29, 1.82) is 5.26 Å². The number of aromatic nitrogens is 1. The largest absolute Gasteiger partial charge is 0.361 e. The number of rotatable bonds is 3. The van der Waals surface area contributed by atoms with E-state index in [2.05, 4.69) is 17.6 Å². The molecule has 0 aliphatic rings. The number of aromatic amines is 1. The van der Waals surface area contributed by atoms with Crippen LogP contribution >= 0.6 is 0 Å². The lowest BCUT2D eigenvalue weighted by atomic mass is 10.1. The van der Waals surface area contributed by atoms with E-state index in [9.17, 15) is 0 Å². The van der Waals surface area contributed by atoms with Gasteiger partial charge in [-0.25, -0.2) is 0 Å². The van der Waals surface area contributed by atoms with Gasteiger partial charge in [0.15, 0.2) is 0 Å². The molecule has 0 radical (unpaired) electrons. The zero-order valence-electron chi connectivity index (χ0n) is 8.46. The predicted molar refractivity (Wildman–Crippen MR) is 61.5 cm³/mol. The summed E-state index contributed by atoms with van der Waals surface area (Å²) in [7, 11) is 0. The van der Waals surface area contributed by atoms with Gasteiger partial charge in [-0.3, -0.25) is 0 Å². The number of hydrogen-bond acceptors (Lipinski definition) is 1. The second kappa shape index (κ2) is 4.02. The maximum Gasteiger partial charge on any atom is 0.0991 e. The van der Waals surface area contributed by atoms with Crippen molar-refractivity contribution in [3.05, 3.63) is 48.2 Å². The molecule has 0 fully saturated rings. The summed E-state index contributed by atoms with van der Waals surface area (Å²) in [6.45, 7) is 3.71. The molecule has 2 nitrogen and oxygen atoms in total. The fraction of sp³-hybridized carbons (Fsp3) is 0.154. The van der Waals surface area contributed by atoms with Crippen LogP contribution in [0.15, 0.2) is 37.1 Å². The Hall–Kier alpha value is -2.01. The molecular weight excluding hydrogens is 184 g/mol. The van der Waals surface area contributed by atoms with Crippen LogP contribution in [0.3, 0.4) is 0 Å². The first-order chi connectivity index (χ1) is 7.35. The number of H-pyrrole nitrogens is 1. The van der Waals surface area contributed by atoms with Crippen molar-refractivity contribution < 1.29 is 0 Å². The maximum absolute atomic E-state index is 8.83. The number of benzene rings is 1. The third-order valence-corrected chi connectivity index (χ3v) is 2.51. The first-order valence-corrected chi connectivity index (χ1v) is 4.96. The first kappa shape index (κ1) is 9.54. The van der Waals surface area contributed by atoms with Crippen molar-refractivity contribution in [3.8, 4) is 6.07 Å². The van der Waals surface area contributed by atoms with Crippen LogP contribution in [0.4, 0.5) is 0 Å². The van der Waals surface area contributed by atoms with E-state index in [0.717, 1.165) is 23.7 Å². The zero-order valence-corrected chi connectivity index (χ0v) is 8.46. The van der Waals surface area contributed by atoms with Gasteiger partial charge in [0.1, 0.15) is 0 Å². The molecule has 0 aliphatic heterocycles. The summed E-state index contributed by atoms with van der Waals surface area (Å²) in [5.41, 5.74) is 3.05. The number of hydrogen-bond donors (Lipinski definition) is 1. The standard InChI is InChI=1S/C13H12N2/c1-2-3-4-11-9-15-13-6-5-10(8-14)7-12(11)13/h2,5-7,9,15H,1,3-4H2. The van der Waals surface area contributed by atoms with Gasteiger partial charge in [0.2, 0.25) is 0 Å². The van der Waals surface area contributed by atoms with Gasteiger partial charge in [-0.1, -0.05) is 6.08 Å². The second-order valence-corrected chi connectivity index (χ2v) is 3.51. The Balaban J connectivity index is 2.47. The average Bonchev–Trinajstić information content (AvgIpc) is 2.68. The summed E-state index contributed by atoms with van der Waals surface area (Å²) in [6, 6.07) is 7.87. The summed E-state index contributed by atoms with van der Waals surface area (Å²) in [4.78, 5) is 3.20. The van der Waals surface area contributed by atoms with Crippen LogP contribution in [-0.4, -0.2) is 4.98 Å². The summed E-state index contributed by atoms with van der Waals surface area (Å²) in [6.07, 6.45) is 5.85. The molecule has 0 bridgehead atoms. The molecule has 2 rings (SSSR count). The first-order valence-electron chi connectivity index (χ1n) is 4.96. The molecule has 2 aromatic rings. The normalized spacial score (nSPS) is 10.1. The lowest BCUT2D eigenvalue weighted by Gasteiger charge is -1.96. The smallest absolute Gasteiger partial charge is 0.0991 e. The summed E-state index contributed by atoms with van der Waals surface area (Å²) in [5, 5.41) is 9.97. The number of nitrogens with one attached hydrogen (secondary N) is 1. The van der Waals surface area contributed by atoms with Gasteiger partial charge in [-0.2, -0.15) is 5.26 Å². The minimum Gasteiger partial charge on any atom is -0.361 e. The van der Waals surface area contributed by atoms with Crippen LogP contribution in [0.5, 0.6) is 0 Å². The van der Waals surface area contributed by atoms with E-state index in [-0.39, 0.29) is 0 Å². The molecule has 1 N–H and O–H groups in total. The van der Waals surface area contributed by atoms with Crippen molar-refractivity contribution in [1.82, 2.24) is 4.98 Å². The van der Waals surface area contributed by atoms with Crippen LogP contribution in [0, 0.1) is 11.3 Å². The third kappa shape index (κ3) is 1.77. The second-order valence-electron chi connectivity index (χ2n) is 3.51. The molecule has 15 heavy (non-hydrogen) atoms. The summed E-state index contributed by atoms with van der Waals surface area (Å²) in [5.74, 6) is 0. The van der Waals surface area contributed by atoms with E-state index >= 15 is 0 Å². The van der Waals surface area contributed by atoms with Crippen molar-refractivity contribution in [2.45, 2.75) is 12.8 Å². The van der Waals surface area contributed by atoms with E-state index in [1.165, 1.54) is 5.56 Å². The Morgan fingerprint density at radius 2 is 2.33 bits per heavy atom. The average molecular weight is 196 g/mol. The Morgan fingerprint density at radius 1 is 1.47 bits per heavy atom. The summed E-state index contributed by atoms with van der Waals surface area (Å²) >= 11 is 0. The van der Waals surface area contributed by atoms with Gasteiger partial charge in [0.05, 0.1) is 11.6 Å². The van der Waals surface area contributed by atoms with Gasteiger partial charge in [-0.05, 0) is 36.6 Å². The number of fused-ring (bicyclic) bond motifs is 1. The highest BCUT2D eigenvalue weighted by Crippen LogP contribution is 2.20. The van der Waals surface area contributed by atoms with Crippen molar-refractivity contribution in [2.75, 3.05) is 0 Å². The molecular formula is C13H12N2. The molecule has 1 aromatic heterocycles. The highest BCUT2D eigenvalue weighted by atomic mass is 14.7. The van der Waals surface area contributed by atoms with Crippen molar-refractivity contribution in [2.24, 2.45) is 0 Å². The SMILES string of the molecule is C=CCCc1c[nH]c2ccc(C#N)cc12. The number of aryl methyl sites for hydroxylation is 1. The predicted octanol–water partition coefficient (Wildman–Crippen LogP) is 3.16. The Labute approximate surface area is 88.8 Å². The quantitative estimate of drug-likeness (QED) is 0.752. The molecule has 0 aliphatic carbocycles. The Kier molecular flexibility index (Phi) is 2.55. The topological polar surface area (TPSA) is 39.6 Å². The van der Waals surface area contributed by atoms with E-state index in [0.29, 0.717) is 5.56 Å². The molecule has 2 heteroatoms. The number of allylic oxidation sites excluding steroid dienone is 1. The monoisotopic (exact) mass is 196 g/mol. The van der Waals surface area contributed by atoms with E-state index < -0.39 is 0 Å².